The lowest BCUT2D eigenvalue weighted by Crippen LogP contribution is -2.40. The highest BCUT2D eigenvalue weighted by atomic mass is 32.1. The van der Waals surface area contributed by atoms with Crippen molar-refractivity contribution in [2.75, 3.05) is 19.6 Å². The van der Waals surface area contributed by atoms with Gasteiger partial charge in [-0.2, -0.15) is 0 Å². The maximum atomic E-state index is 4.87. The summed E-state index contributed by atoms with van der Waals surface area (Å²) in [6.45, 7) is 6.81. The highest BCUT2D eigenvalue weighted by Crippen LogP contribution is 2.28. The number of nitrogens with zero attached hydrogens (tertiary/aromatic N) is 2. The van der Waals surface area contributed by atoms with E-state index in [1.165, 1.54) is 62.1 Å². The average Bonchev–Trinajstić information content (AvgIpc) is 3.28. The topological polar surface area (TPSA) is 28.2 Å². The minimum absolute atomic E-state index is 0.791. The molecule has 1 N–H and O–H groups in total. The Kier molecular flexibility index (Phi) is 4.97. The summed E-state index contributed by atoms with van der Waals surface area (Å²) in [5, 5.41) is 7.07. The van der Waals surface area contributed by atoms with Crippen molar-refractivity contribution in [3.05, 3.63) is 40.9 Å². The molecule has 24 heavy (non-hydrogen) atoms. The van der Waals surface area contributed by atoms with Gasteiger partial charge in [0.15, 0.2) is 0 Å². The predicted octanol–water partition coefficient (Wildman–Crippen LogP) is 4.08. The summed E-state index contributed by atoms with van der Waals surface area (Å²) < 4.78 is 0. The van der Waals surface area contributed by atoms with E-state index in [4.69, 9.17) is 4.98 Å². The second-order valence-corrected chi connectivity index (χ2v) is 8.18. The normalized spacial score (nSPS) is 23.0. The summed E-state index contributed by atoms with van der Waals surface area (Å²) in [6.07, 6.45) is 5.43. The first-order valence-electron chi connectivity index (χ1n) is 9.25. The van der Waals surface area contributed by atoms with Crippen LogP contribution in [-0.2, 0) is 6.54 Å². The van der Waals surface area contributed by atoms with Crippen LogP contribution in [-0.4, -0.2) is 35.6 Å². The van der Waals surface area contributed by atoms with E-state index in [0.29, 0.717) is 0 Å². The summed E-state index contributed by atoms with van der Waals surface area (Å²) >= 11 is 1.77. The Bertz CT molecular complexity index is 650. The molecule has 0 radical (unpaired) electrons. The van der Waals surface area contributed by atoms with Gasteiger partial charge in [0.1, 0.15) is 5.01 Å². The van der Waals surface area contributed by atoms with Crippen molar-refractivity contribution in [2.45, 2.75) is 45.2 Å². The molecule has 1 unspecified atom stereocenters. The van der Waals surface area contributed by atoms with Crippen LogP contribution in [0.5, 0.6) is 0 Å². The van der Waals surface area contributed by atoms with E-state index in [0.717, 1.165) is 23.5 Å². The van der Waals surface area contributed by atoms with Gasteiger partial charge in [-0.1, -0.05) is 29.8 Å². The monoisotopic (exact) mass is 341 g/mol. The second-order valence-electron chi connectivity index (χ2n) is 7.33. The van der Waals surface area contributed by atoms with E-state index in [9.17, 15) is 0 Å². The summed E-state index contributed by atoms with van der Waals surface area (Å²) in [5.41, 5.74) is 3.77. The number of hydrogen-bond donors (Lipinski definition) is 1. The zero-order valence-corrected chi connectivity index (χ0v) is 15.3. The first-order valence-corrected chi connectivity index (χ1v) is 10.1. The maximum absolute atomic E-state index is 4.87. The molecule has 1 aromatic carbocycles. The first-order chi connectivity index (χ1) is 11.8. The van der Waals surface area contributed by atoms with Crippen LogP contribution >= 0.6 is 11.3 Å². The Morgan fingerprint density at radius 1 is 1.17 bits per heavy atom. The number of piperidine rings is 1. The van der Waals surface area contributed by atoms with E-state index >= 15 is 0 Å². The lowest BCUT2D eigenvalue weighted by Gasteiger charge is -2.34. The molecule has 3 heterocycles. The Morgan fingerprint density at radius 3 is 2.67 bits per heavy atom. The highest BCUT2D eigenvalue weighted by molar-refractivity contribution is 7.13. The third-order valence-electron chi connectivity index (χ3n) is 5.54. The summed E-state index contributed by atoms with van der Waals surface area (Å²) in [5.74, 6) is 0.891. The van der Waals surface area contributed by atoms with Gasteiger partial charge in [0.05, 0.1) is 5.69 Å². The van der Waals surface area contributed by atoms with Gasteiger partial charge in [0.25, 0.3) is 0 Å². The van der Waals surface area contributed by atoms with E-state index in [1.807, 2.05) is 0 Å². The highest BCUT2D eigenvalue weighted by Gasteiger charge is 2.28. The number of thiazole rings is 1. The van der Waals surface area contributed by atoms with Crippen LogP contribution < -0.4 is 5.32 Å². The van der Waals surface area contributed by atoms with Crippen LogP contribution in [0, 0.1) is 12.8 Å². The molecule has 0 bridgehead atoms. The number of aryl methyl sites for hydroxylation is 1. The molecule has 2 aliphatic rings. The SMILES string of the molecule is Cc1ccc(-c2nc(CN3CCC(C4CCCN4)CC3)cs2)cc1. The standard InChI is InChI=1S/C20H27N3S/c1-15-4-6-17(7-5-15)20-22-18(14-24-20)13-23-11-8-16(9-12-23)19-3-2-10-21-19/h4-7,14,16,19,21H,2-3,8-13H2,1H3. The minimum Gasteiger partial charge on any atom is -0.314 e. The molecule has 2 fully saturated rings. The van der Waals surface area contributed by atoms with Crippen molar-refractivity contribution in [2.24, 2.45) is 5.92 Å². The van der Waals surface area contributed by atoms with Gasteiger partial charge in [-0.25, -0.2) is 4.98 Å². The van der Waals surface area contributed by atoms with Gasteiger partial charge in [-0.15, -0.1) is 11.3 Å². The zero-order chi connectivity index (χ0) is 16.4. The molecule has 1 aromatic heterocycles. The van der Waals surface area contributed by atoms with Crippen molar-refractivity contribution in [1.29, 1.82) is 0 Å². The van der Waals surface area contributed by atoms with E-state index < -0.39 is 0 Å². The summed E-state index contributed by atoms with van der Waals surface area (Å²) in [4.78, 5) is 7.45. The van der Waals surface area contributed by atoms with Crippen molar-refractivity contribution in [3.63, 3.8) is 0 Å². The van der Waals surface area contributed by atoms with Crippen LogP contribution in [0.25, 0.3) is 10.6 Å². The lowest BCUT2D eigenvalue weighted by molar-refractivity contribution is 0.156. The third kappa shape index (κ3) is 3.71. The Labute approximate surface area is 149 Å². The molecule has 4 heteroatoms. The van der Waals surface area contributed by atoms with Gasteiger partial charge >= 0.3 is 0 Å². The van der Waals surface area contributed by atoms with Crippen molar-refractivity contribution in [3.8, 4) is 10.6 Å². The smallest absolute Gasteiger partial charge is 0.123 e. The lowest BCUT2D eigenvalue weighted by atomic mass is 9.88. The summed E-state index contributed by atoms with van der Waals surface area (Å²) in [7, 11) is 0. The molecule has 1 atom stereocenters. The van der Waals surface area contributed by atoms with Crippen LogP contribution in [0.4, 0.5) is 0 Å². The fourth-order valence-electron chi connectivity index (χ4n) is 4.06. The number of rotatable bonds is 4. The Hall–Kier alpha value is -1.23. The van der Waals surface area contributed by atoms with Crippen LogP contribution in [0.1, 0.15) is 36.9 Å². The van der Waals surface area contributed by atoms with Crippen molar-refractivity contribution in [1.82, 2.24) is 15.2 Å². The maximum Gasteiger partial charge on any atom is 0.123 e. The Balaban J connectivity index is 1.32. The summed E-state index contributed by atoms with van der Waals surface area (Å²) in [6, 6.07) is 9.48. The van der Waals surface area contributed by atoms with Crippen molar-refractivity contribution < 1.29 is 0 Å². The molecule has 0 aliphatic carbocycles. The molecule has 0 amide bonds. The van der Waals surface area contributed by atoms with E-state index in [-0.39, 0.29) is 0 Å². The fraction of sp³-hybridized carbons (Fsp3) is 0.550. The van der Waals surface area contributed by atoms with Gasteiger partial charge in [-0.3, -0.25) is 4.90 Å². The molecule has 128 valence electrons. The molecule has 0 saturated carbocycles. The number of benzene rings is 1. The largest absolute Gasteiger partial charge is 0.314 e. The zero-order valence-electron chi connectivity index (χ0n) is 14.5. The first kappa shape index (κ1) is 16.2. The second kappa shape index (κ2) is 7.34. The molecule has 2 aliphatic heterocycles. The molecule has 3 nitrogen and oxygen atoms in total. The number of hydrogen-bond acceptors (Lipinski definition) is 4. The van der Waals surface area contributed by atoms with E-state index in [2.05, 4.69) is 46.8 Å². The van der Waals surface area contributed by atoms with Gasteiger partial charge < -0.3 is 5.32 Å². The third-order valence-corrected chi connectivity index (χ3v) is 6.48. The molecule has 4 rings (SSSR count). The molecule has 2 aromatic rings. The van der Waals surface area contributed by atoms with E-state index in [1.54, 1.807) is 11.3 Å². The predicted molar refractivity (Wildman–Crippen MR) is 101 cm³/mol. The minimum atomic E-state index is 0.791. The molecule has 2 saturated heterocycles. The van der Waals surface area contributed by atoms with Crippen LogP contribution in [0.15, 0.2) is 29.6 Å². The van der Waals surface area contributed by atoms with Crippen LogP contribution in [0.3, 0.4) is 0 Å². The quantitative estimate of drug-likeness (QED) is 0.908. The van der Waals surface area contributed by atoms with Crippen LogP contribution in [0.2, 0.25) is 0 Å². The average molecular weight is 342 g/mol. The van der Waals surface area contributed by atoms with Gasteiger partial charge in [0.2, 0.25) is 0 Å². The number of aromatic nitrogens is 1. The van der Waals surface area contributed by atoms with Gasteiger partial charge in [0, 0.05) is 23.5 Å². The number of nitrogens with one attached hydrogen (secondary N) is 1. The molecule has 0 spiro atoms. The number of likely N-dealkylation sites (tertiary alicyclic amines) is 1. The van der Waals surface area contributed by atoms with Crippen molar-refractivity contribution >= 4 is 11.3 Å². The molecular formula is C20H27N3S. The Morgan fingerprint density at radius 2 is 1.96 bits per heavy atom. The fourth-order valence-corrected chi connectivity index (χ4v) is 4.88. The van der Waals surface area contributed by atoms with Gasteiger partial charge in [-0.05, 0) is 58.2 Å². The molecular weight excluding hydrogens is 314 g/mol.